The standard InChI is InChI=1S/C24H25NO5S/c1-13-21(24(27)30-4)22(16-12-15(28-2)7-8-19(16)29-3)23-17(25-13)10-14(11-18(23)26)20-6-5-9-31-20/h5-9,12,14,21-22H,10-11H2,1-4H3/t14-,21?,22-/m1/s1. The molecule has 1 aliphatic heterocycles. The summed E-state index contributed by atoms with van der Waals surface area (Å²) >= 11 is 1.65. The topological polar surface area (TPSA) is 74.2 Å². The molecule has 2 aliphatic rings. The first-order chi connectivity index (χ1) is 15.0. The van der Waals surface area contributed by atoms with E-state index in [-0.39, 0.29) is 11.7 Å². The van der Waals surface area contributed by atoms with Crippen molar-refractivity contribution in [1.29, 1.82) is 0 Å². The van der Waals surface area contributed by atoms with Gasteiger partial charge in [-0.3, -0.25) is 14.6 Å². The van der Waals surface area contributed by atoms with Gasteiger partial charge in [0, 0.05) is 45.7 Å². The number of allylic oxidation sites excluding steroid dienone is 2. The van der Waals surface area contributed by atoms with E-state index in [4.69, 9.17) is 19.2 Å². The smallest absolute Gasteiger partial charge is 0.315 e. The Morgan fingerprint density at radius 3 is 2.58 bits per heavy atom. The number of Topliss-reactive ketones (excluding diaryl/α,β-unsaturated/α-hetero) is 1. The number of rotatable bonds is 5. The Balaban J connectivity index is 1.89. The number of methoxy groups -OCH3 is 3. The second-order valence-corrected chi connectivity index (χ2v) is 8.72. The minimum atomic E-state index is -0.702. The number of ketones is 1. The quantitative estimate of drug-likeness (QED) is 0.641. The van der Waals surface area contributed by atoms with Crippen molar-refractivity contribution < 1.29 is 23.8 Å². The van der Waals surface area contributed by atoms with Crippen molar-refractivity contribution in [3.8, 4) is 11.5 Å². The predicted octanol–water partition coefficient (Wildman–Crippen LogP) is 4.51. The third-order valence-electron chi connectivity index (χ3n) is 6.06. The number of esters is 1. The molecule has 0 saturated carbocycles. The van der Waals surface area contributed by atoms with Gasteiger partial charge >= 0.3 is 5.97 Å². The van der Waals surface area contributed by atoms with Gasteiger partial charge in [0.2, 0.25) is 0 Å². The van der Waals surface area contributed by atoms with Gasteiger partial charge < -0.3 is 14.2 Å². The summed E-state index contributed by atoms with van der Waals surface area (Å²) in [5.41, 5.74) is 2.70. The zero-order chi connectivity index (χ0) is 22.1. The maximum Gasteiger partial charge on any atom is 0.315 e. The Morgan fingerprint density at radius 2 is 1.94 bits per heavy atom. The molecule has 1 aliphatic carbocycles. The lowest BCUT2D eigenvalue weighted by Crippen LogP contribution is -2.37. The summed E-state index contributed by atoms with van der Waals surface area (Å²) < 4.78 is 16.1. The molecular weight excluding hydrogens is 414 g/mol. The van der Waals surface area contributed by atoms with Crippen LogP contribution in [0.15, 0.2) is 52.0 Å². The van der Waals surface area contributed by atoms with Crippen molar-refractivity contribution in [2.45, 2.75) is 31.6 Å². The second kappa shape index (κ2) is 8.67. The van der Waals surface area contributed by atoms with Gasteiger partial charge in [0.15, 0.2) is 5.78 Å². The molecule has 0 fully saturated rings. The van der Waals surface area contributed by atoms with Gasteiger partial charge in [-0.2, -0.15) is 0 Å². The minimum Gasteiger partial charge on any atom is -0.497 e. The number of benzene rings is 1. The molecule has 0 radical (unpaired) electrons. The lowest BCUT2D eigenvalue weighted by atomic mass is 9.69. The van der Waals surface area contributed by atoms with E-state index >= 15 is 0 Å². The molecular formula is C24H25NO5S. The average Bonchev–Trinajstić information content (AvgIpc) is 3.32. The van der Waals surface area contributed by atoms with Crippen LogP contribution < -0.4 is 9.47 Å². The summed E-state index contributed by atoms with van der Waals surface area (Å²) in [5, 5.41) is 2.02. The molecule has 3 atom stereocenters. The Morgan fingerprint density at radius 1 is 1.13 bits per heavy atom. The number of hydrogen-bond donors (Lipinski definition) is 0. The molecule has 0 bridgehead atoms. The van der Waals surface area contributed by atoms with E-state index in [1.165, 1.54) is 12.0 Å². The van der Waals surface area contributed by atoms with Crippen molar-refractivity contribution >= 4 is 28.8 Å². The Hall–Kier alpha value is -2.93. The van der Waals surface area contributed by atoms with Gasteiger partial charge in [-0.25, -0.2) is 0 Å². The molecule has 31 heavy (non-hydrogen) atoms. The molecule has 0 amide bonds. The number of ether oxygens (including phenoxy) is 3. The average molecular weight is 440 g/mol. The van der Waals surface area contributed by atoms with E-state index in [0.717, 1.165) is 11.3 Å². The number of nitrogens with zero attached hydrogens (tertiary/aromatic N) is 1. The van der Waals surface area contributed by atoms with Crippen molar-refractivity contribution in [2.75, 3.05) is 21.3 Å². The first-order valence-corrected chi connectivity index (χ1v) is 11.0. The zero-order valence-corrected chi connectivity index (χ0v) is 18.8. The van der Waals surface area contributed by atoms with E-state index in [1.807, 2.05) is 24.4 Å². The molecule has 1 unspecified atom stereocenters. The van der Waals surface area contributed by atoms with Crippen LogP contribution in [0, 0.1) is 5.92 Å². The van der Waals surface area contributed by atoms with Crippen LogP contribution in [-0.4, -0.2) is 38.8 Å². The highest BCUT2D eigenvalue weighted by atomic mass is 32.1. The summed E-state index contributed by atoms with van der Waals surface area (Å²) in [6.45, 7) is 1.82. The summed E-state index contributed by atoms with van der Waals surface area (Å²) in [5.74, 6) is -0.328. The normalized spacial score (nSPS) is 23.2. The molecule has 0 N–H and O–H groups in total. The summed E-state index contributed by atoms with van der Waals surface area (Å²) in [6.07, 6.45) is 1.06. The highest BCUT2D eigenvalue weighted by Gasteiger charge is 2.45. The van der Waals surface area contributed by atoms with E-state index < -0.39 is 17.8 Å². The predicted molar refractivity (Wildman–Crippen MR) is 119 cm³/mol. The molecule has 2 aromatic rings. The zero-order valence-electron chi connectivity index (χ0n) is 18.0. The Labute approximate surface area is 185 Å². The third kappa shape index (κ3) is 3.78. The molecule has 4 rings (SSSR count). The van der Waals surface area contributed by atoms with Gasteiger partial charge in [0.1, 0.15) is 17.4 Å². The maximum atomic E-state index is 13.5. The van der Waals surface area contributed by atoms with E-state index in [2.05, 4.69) is 6.07 Å². The van der Waals surface area contributed by atoms with Crippen LogP contribution in [-0.2, 0) is 14.3 Å². The fraction of sp³-hybridized carbons (Fsp3) is 0.375. The fourth-order valence-corrected chi connectivity index (χ4v) is 5.47. The van der Waals surface area contributed by atoms with Gasteiger partial charge in [0.05, 0.1) is 21.3 Å². The maximum absolute atomic E-state index is 13.5. The van der Waals surface area contributed by atoms with Crippen LogP contribution >= 0.6 is 11.3 Å². The number of hydrogen-bond acceptors (Lipinski definition) is 7. The SMILES string of the molecule is COC(=O)C1C(C)=NC2=C(C(=O)C[C@H](c3cccs3)C2)[C@@H]1c1cc(OC)ccc1OC. The number of thiophene rings is 1. The second-order valence-electron chi connectivity index (χ2n) is 7.74. The third-order valence-corrected chi connectivity index (χ3v) is 7.10. The lowest BCUT2D eigenvalue weighted by Gasteiger charge is -2.36. The molecule has 1 aromatic heterocycles. The van der Waals surface area contributed by atoms with Crippen LogP contribution in [0.1, 0.15) is 42.0 Å². The van der Waals surface area contributed by atoms with Crippen LogP contribution in [0.3, 0.4) is 0 Å². The van der Waals surface area contributed by atoms with Crippen LogP contribution in [0.25, 0.3) is 0 Å². The van der Waals surface area contributed by atoms with Crippen LogP contribution in [0.5, 0.6) is 11.5 Å². The molecule has 7 heteroatoms. The lowest BCUT2D eigenvalue weighted by molar-refractivity contribution is -0.143. The summed E-state index contributed by atoms with van der Waals surface area (Å²) in [4.78, 5) is 32.3. The van der Waals surface area contributed by atoms with E-state index in [1.54, 1.807) is 37.7 Å². The first-order valence-electron chi connectivity index (χ1n) is 10.1. The Bertz CT molecular complexity index is 1070. The van der Waals surface area contributed by atoms with Crippen molar-refractivity contribution in [1.82, 2.24) is 0 Å². The number of carbonyl (C=O) groups excluding carboxylic acids is 2. The number of carbonyl (C=O) groups is 2. The van der Waals surface area contributed by atoms with Gasteiger partial charge in [-0.1, -0.05) is 6.07 Å². The van der Waals surface area contributed by atoms with Crippen LogP contribution in [0.4, 0.5) is 0 Å². The van der Waals surface area contributed by atoms with Crippen molar-refractivity contribution in [3.05, 3.63) is 57.4 Å². The first kappa shape index (κ1) is 21.3. The monoisotopic (exact) mass is 439 g/mol. The van der Waals surface area contributed by atoms with E-state index in [9.17, 15) is 9.59 Å². The summed E-state index contributed by atoms with van der Waals surface area (Å²) in [6, 6.07) is 9.49. The largest absolute Gasteiger partial charge is 0.497 e. The number of aliphatic imine (C=N–C) groups is 1. The highest BCUT2D eigenvalue weighted by molar-refractivity contribution is 7.10. The summed E-state index contributed by atoms with van der Waals surface area (Å²) in [7, 11) is 4.51. The highest BCUT2D eigenvalue weighted by Crippen LogP contribution is 2.49. The van der Waals surface area contributed by atoms with Crippen molar-refractivity contribution in [2.24, 2.45) is 10.9 Å². The molecule has 6 nitrogen and oxygen atoms in total. The molecule has 0 saturated heterocycles. The van der Waals surface area contributed by atoms with E-state index in [0.29, 0.717) is 35.6 Å². The molecule has 2 heterocycles. The minimum absolute atomic E-state index is 0.0136. The fourth-order valence-electron chi connectivity index (χ4n) is 4.64. The molecule has 1 aromatic carbocycles. The van der Waals surface area contributed by atoms with Gasteiger partial charge in [-0.15, -0.1) is 11.3 Å². The Kier molecular flexibility index (Phi) is 5.96. The molecule has 162 valence electrons. The van der Waals surface area contributed by atoms with Gasteiger partial charge in [0.25, 0.3) is 0 Å². The van der Waals surface area contributed by atoms with Gasteiger partial charge in [-0.05, 0) is 43.0 Å². The van der Waals surface area contributed by atoms with Crippen LogP contribution in [0.2, 0.25) is 0 Å². The molecule has 0 spiro atoms. The van der Waals surface area contributed by atoms with Crippen molar-refractivity contribution in [3.63, 3.8) is 0 Å².